The fraction of sp³-hybridized carbons (Fsp3) is 0.967. The van der Waals surface area contributed by atoms with Crippen LogP contribution in [0.3, 0.4) is 0 Å². The molecule has 0 saturated heterocycles. The maximum atomic E-state index is 11.9. The summed E-state index contributed by atoms with van der Waals surface area (Å²) in [6.45, 7) is 7.72. The molecule has 0 radical (unpaired) electrons. The van der Waals surface area contributed by atoms with Crippen molar-refractivity contribution < 1.29 is 14.7 Å². The lowest BCUT2D eigenvalue weighted by Gasteiger charge is -2.06. The molecule has 0 unspecified atom stereocenters. The van der Waals surface area contributed by atoms with E-state index in [9.17, 15) is 9.59 Å². The van der Waals surface area contributed by atoms with Crippen LogP contribution in [-0.2, 0) is 9.59 Å². The number of hydrogen-bond donors (Lipinski definition) is 2. The van der Waals surface area contributed by atoms with Gasteiger partial charge in [0.25, 0.3) is 0 Å². The minimum atomic E-state index is -0.649. The fourth-order valence-electron chi connectivity index (χ4n) is 9.53. The number of carboxylic acid groups (broad SMARTS) is 1. The lowest BCUT2D eigenvalue weighted by molar-refractivity contribution is -0.137. The summed E-state index contributed by atoms with van der Waals surface area (Å²) in [5.41, 5.74) is 0. The first-order valence-corrected chi connectivity index (χ1v) is 30.6. The van der Waals surface area contributed by atoms with Gasteiger partial charge in [0, 0.05) is 19.4 Å². The molecule has 4 heteroatoms. The van der Waals surface area contributed by atoms with Gasteiger partial charge < -0.3 is 10.4 Å². The standard InChI is InChI=1S/C34H69NO.C27H54O2/c1-3-5-7-9-11-12-13-14-15-16-17-18-19-20-21-22-23-24-25-26-27-28-30-32-34(36)35-33-31-29-10-8-6-4-2;1-2-3-4-5-6-7-8-9-10-11-12-13-14-15-16-17-18-19-20-21-22-23-24-25-26-27(28)29/h3-33H2,1-2H3,(H,35,36);2-26H2,1H3,(H,28,29). The number of aliphatic carboxylic acids is 1. The maximum absolute atomic E-state index is 11.9. The summed E-state index contributed by atoms with van der Waals surface area (Å²) in [5, 5.41) is 11.7. The van der Waals surface area contributed by atoms with Crippen molar-refractivity contribution in [3.63, 3.8) is 0 Å². The molecular weight excluding hydrogens is 795 g/mol. The molecule has 65 heavy (non-hydrogen) atoms. The van der Waals surface area contributed by atoms with Crippen LogP contribution in [0.2, 0.25) is 0 Å². The zero-order chi connectivity index (χ0) is 47.5. The number of rotatable bonds is 56. The first-order valence-electron chi connectivity index (χ1n) is 30.6. The first-order chi connectivity index (χ1) is 32.1. The molecule has 390 valence electrons. The number of hydrogen-bond acceptors (Lipinski definition) is 2. The van der Waals surface area contributed by atoms with E-state index in [0.29, 0.717) is 6.42 Å². The highest BCUT2D eigenvalue weighted by molar-refractivity contribution is 5.75. The number of carbonyl (C=O) groups is 2. The van der Waals surface area contributed by atoms with Crippen LogP contribution >= 0.6 is 0 Å². The summed E-state index contributed by atoms with van der Waals surface area (Å²) in [4.78, 5) is 22.3. The van der Waals surface area contributed by atoms with E-state index in [1.54, 1.807) is 0 Å². The van der Waals surface area contributed by atoms with E-state index < -0.39 is 5.97 Å². The largest absolute Gasteiger partial charge is 0.481 e. The van der Waals surface area contributed by atoms with Crippen molar-refractivity contribution in [1.29, 1.82) is 0 Å². The molecule has 0 aliphatic rings. The Hall–Kier alpha value is -1.06. The Morgan fingerprint density at radius 1 is 0.246 bits per heavy atom. The van der Waals surface area contributed by atoms with E-state index in [-0.39, 0.29) is 5.91 Å². The Morgan fingerprint density at radius 3 is 0.615 bits per heavy atom. The van der Waals surface area contributed by atoms with Gasteiger partial charge >= 0.3 is 5.97 Å². The number of carbonyl (C=O) groups excluding carboxylic acids is 1. The lowest BCUT2D eigenvalue weighted by atomic mass is 10.0. The quantitative estimate of drug-likeness (QED) is 0.0598. The third-order valence-corrected chi connectivity index (χ3v) is 14.1. The monoisotopic (exact) mass is 918 g/mol. The van der Waals surface area contributed by atoms with E-state index in [1.165, 1.54) is 315 Å². The van der Waals surface area contributed by atoms with Crippen molar-refractivity contribution >= 4 is 11.9 Å². The summed E-state index contributed by atoms with van der Waals surface area (Å²) in [5.74, 6) is -0.379. The van der Waals surface area contributed by atoms with Crippen LogP contribution in [0.4, 0.5) is 0 Å². The van der Waals surface area contributed by atoms with Crippen molar-refractivity contribution in [1.82, 2.24) is 5.32 Å². The Bertz CT molecular complexity index is 860. The highest BCUT2D eigenvalue weighted by atomic mass is 16.4. The van der Waals surface area contributed by atoms with E-state index in [0.717, 1.165) is 38.6 Å². The zero-order valence-corrected chi connectivity index (χ0v) is 45.4. The van der Waals surface area contributed by atoms with Gasteiger partial charge in [-0.1, -0.05) is 342 Å². The lowest BCUT2D eigenvalue weighted by Crippen LogP contribution is -2.23. The predicted molar refractivity (Wildman–Crippen MR) is 292 cm³/mol. The van der Waals surface area contributed by atoms with Crippen molar-refractivity contribution in [2.24, 2.45) is 0 Å². The van der Waals surface area contributed by atoms with Crippen LogP contribution in [0.1, 0.15) is 374 Å². The molecule has 0 fully saturated rings. The van der Waals surface area contributed by atoms with E-state index in [2.05, 4.69) is 26.1 Å². The summed E-state index contributed by atoms with van der Waals surface area (Å²) in [6.07, 6.45) is 74.5. The number of carboxylic acids is 1. The molecule has 2 N–H and O–H groups in total. The van der Waals surface area contributed by atoms with Gasteiger partial charge in [-0.15, -0.1) is 0 Å². The summed E-state index contributed by atoms with van der Waals surface area (Å²) >= 11 is 0. The summed E-state index contributed by atoms with van der Waals surface area (Å²) in [6, 6.07) is 0. The van der Waals surface area contributed by atoms with Crippen LogP contribution < -0.4 is 5.32 Å². The predicted octanol–water partition coefficient (Wildman–Crippen LogP) is 21.7. The van der Waals surface area contributed by atoms with Crippen LogP contribution in [0.5, 0.6) is 0 Å². The van der Waals surface area contributed by atoms with Crippen molar-refractivity contribution in [2.45, 2.75) is 374 Å². The molecule has 0 saturated carbocycles. The Morgan fingerprint density at radius 2 is 0.415 bits per heavy atom. The first kappa shape index (κ1) is 66.0. The van der Waals surface area contributed by atoms with Gasteiger partial charge in [-0.2, -0.15) is 0 Å². The minimum Gasteiger partial charge on any atom is -0.481 e. The maximum Gasteiger partial charge on any atom is 0.303 e. The Labute approximate surface area is 410 Å². The molecule has 1 amide bonds. The van der Waals surface area contributed by atoms with Gasteiger partial charge in [-0.05, 0) is 19.3 Å². The molecule has 0 spiro atoms. The van der Waals surface area contributed by atoms with Crippen molar-refractivity contribution in [2.75, 3.05) is 6.54 Å². The van der Waals surface area contributed by atoms with E-state index in [1.807, 2.05) is 0 Å². The van der Waals surface area contributed by atoms with Crippen LogP contribution in [0.25, 0.3) is 0 Å². The normalized spacial score (nSPS) is 11.2. The third kappa shape index (κ3) is 67.3. The Balaban J connectivity index is 0. The number of amides is 1. The molecule has 4 nitrogen and oxygen atoms in total. The SMILES string of the molecule is CCCCCCCCCCCCCCCCCCCCCCCCCC(=O)NCCCCCCCC.CCCCCCCCCCCCCCCCCCCCCCCCCCC(=O)O. The number of nitrogens with one attached hydrogen (secondary N) is 1. The second kappa shape index (κ2) is 62.9. The molecule has 0 bridgehead atoms. The highest BCUT2D eigenvalue weighted by Gasteiger charge is 2.02. The zero-order valence-electron chi connectivity index (χ0n) is 45.4. The molecule has 0 rings (SSSR count). The van der Waals surface area contributed by atoms with Gasteiger partial charge in [0.15, 0.2) is 0 Å². The van der Waals surface area contributed by atoms with Crippen molar-refractivity contribution in [3.05, 3.63) is 0 Å². The fourth-order valence-corrected chi connectivity index (χ4v) is 9.53. The molecular formula is C61H123NO3. The second-order valence-electron chi connectivity index (χ2n) is 20.9. The van der Waals surface area contributed by atoms with Crippen molar-refractivity contribution in [3.8, 4) is 0 Å². The molecule has 0 heterocycles. The highest BCUT2D eigenvalue weighted by Crippen LogP contribution is 2.18. The molecule has 0 atom stereocenters. The van der Waals surface area contributed by atoms with Crippen LogP contribution in [0, 0.1) is 0 Å². The van der Waals surface area contributed by atoms with E-state index >= 15 is 0 Å². The number of unbranched alkanes of at least 4 members (excludes halogenated alkanes) is 50. The average molecular weight is 919 g/mol. The van der Waals surface area contributed by atoms with Gasteiger partial charge in [-0.3, -0.25) is 9.59 Å². The van der Waals surface area contributed by atoms with Gasteiger partial charge in [0.1, 0.15) is 0 Å². The second-order valence-corrected chi connectivity index (χ2v) is 20.9. The topological polar surface area (TPSA) is 66.4 Å². The molecule has 0 aromatic rings. The average Bonchev–Trinajstić information content (AvgIpc) is 3.30. The van der Waals surface area contributed by atoms with Gasteiger partial charge in [0.05, 0.1) is 0 Å². The smallest absolute Gasteiger partial charge is 0.303 e. The van der Waals surface area contributed by atoms with Crippen LogP contribution in [-0.4, -0.2) is 23.5 Å². The molecule has 0 aliphatic heterocycles. The third-order valence-electron chi connectivity index (χ3n) is 14.1. The molecule has 0 aromatic heterocycles. The molecule has 0 aromatic carbocycles. The Kier molecular flexibility index (Phi) is 63.9. The minimum absolute atomic E-state index is 0.270. The summed E-state index contributed by atoms with van der Waals surface area (Å²) < 4.78 is 0. The summed E-state index contributed by atoms with van der Waals surface area (Å²) in [7, 11) is 0. The van der Waals surface area contributed by atoms with E-state index in [4.69, 9.17) is 5.11 Å². The molecule has 0 aliphatic carbocycles. The van der Waals surface area contributed by atoms with Gasteiger partial charge in [0.2, 0.25) is 5.91 Å². The van der Waals surface area contributed by atoms with Crippen LogP contribution in [0.15, 0.2) is 0 Å². The van der Waals surface area contributed by atoms with Gasteiger partial charge in [-0.25, -0.2) is 0 Å².